The van der Waals surface area contributed by atoms with Crippen LogP contribution in [0.2, 0.25) is 0 Å². The molecule has 1 amide bonds. The number of Topliss-reactive ketones (excluding diaryl/α,β-unsaturated/α-hetero) is 1. The molecule has 0 atom stereocenters. The summed E-state index contributed by atoms with van der Waals surface area (Å²) in [6.45, 7) is -0.357. The SMILES string of the molecule is CN(C)c1ccc(C(=O)OCC(=O)c2ccc(NC(=O)c3ccccc3)cc2)cc1. The number of hydrogen-bond donors (Lipinski definition) is 1. The molecule has 0 aliphatic heterocycles. The van der Waals surface area contributed by atoms with Crippen molar-refractivity contribution < 1.29 is 19.1 Å². The maximum Gasteiger partial charge on any atom is 0.338 e. The van der Waals surface area contributed by atoms with Crippen molar-refractivity contribution in [1.82, 2.24) is 0 Å². The molecule has 0 heterocycles. The molecule has 3 aromatic rings. The number of carbonyl (C=O) groups is 3. The monoisotopic (exact) mass is 402 g/mol. The third-order valence-electron chi connectivity index (χ3n) is 4.45. The van der Waals surface area contributed by atoms with Crippen LogP contribution in [0.25, 0.3) is 0 Å². The van der Waals surface area contributed by atoms with Gasteiger partial charge in [0.25, 0.3) is 5.91 Å². The highest BCUT2D eigenvalue weighted by molar-refractivity contribution is 6.05. The average Bonchev–Trinajstić information content (AvgIpc) is 2.78. The molecule has 0 spiro atoms. The van der Waals surface area contributed by atoms with Crippen molar-refractivity contribution in [2.75, 3.05) is 30.9 Å². The van der Waals surface area contributed by atoms with Gasteiger partial charge in [-0.05, 0) is 60.7 Å². The minimum Gasteiger partial charge on any atom is -0.454 e. The molecule has 3 aromatic carbocycles. The number of esters is 1. The van der Waals surface area contributed by atoms with Gasteiger partial charge in [-0.3, -0.25) is 9.59 Å². The Morgan fingerprint density at radius 2 is 1.37 bits per heavy atom. The van der Waals surface area contributed by atoms with Crippen LogP contribution in [0.5, 0.6) is 0 Å². The second kappa shape index (κ2) is 9.52. The molecule has 0 bridgehead atoms. The van der Waals surface area contributed by atoms with Crippen molar-refractivity contribution in [1.29, 1.82) is 0 Å². The van der Waals surface area contributed by atoms with E-state index in [1.807, 2.05) is 25.1 Å². The molecular formula is C24H22N2O4. The summed E-state index contributed by atoms with van der Waals surface area (Å²) in [6.07, 6.45) is 0. The molecule has 0 unspecified atom stereocenters. The van der Waals surface area contributed by atoms with Gasteiger partial charge < -0.3 is 15.0 Å². The van der Waals surface area contributed by atoms with Crippen LogP contribution in [0.3, 0.4) is 0 Å². The summed E-state index contributed by atoms with van der Waals surface area (Å²) in [7, 11) is 3.81. The van der Waals surface area contributed by atoms with Crippen LogP contribution in [0.4, 0.5) is 11.4 Å². The van der Waals surface area contributed by atoms with Crippen molar-refractivity contribution in [2.24, 2.45) is 0 Å². The third kappa shape index (κ3) is 5.32. The topological polar surface area (TPSA) is 75.7 Å². The van der Waals surface area contributed by atoms with Crippen LogP contribution in [0.15, 0.2) is 78.9 Å². The zero-order chi connectivity index (χ0) is 21.5. The Bertz CT molecular complexity index is 1030. The van der Waals surface area contributed by atoms with E-state index in [2.05, 4.69) is 5.32 Å². The Morgan fingerprint density at radius 1 is 0.767 bits per heavy atom. The summed E-state index contributed by atoms with van der Waals surface area (Å²) in [5, 5.41) is 2.77. The number of ether oxygens (including phenoxy) is 1. The Labute approximate surface area is 175 Å². The molecule has 0 radical (unpaired) electrons. The van der Waals surface area contributed by atoms with E-state index in [0.717, 1.165) is 5.69 Å². The van der Waals surface area contributed by atoms with Crippen molar-refractivity contribution in [3.63, 3.8) is 0 Å². The van der Waals surface area contributed by atoms with Gasteiger partial charge in [-0.25, -0.2) is 4.79 Å². The Kier molecular flexibility index (Phi) is 6.60. The van der Waals surface area contributed by atoms with E-state index in [0.29, 0.717) is 22.4 Å². The lowest BCUT2D eigenvalue weighted by Crippen LogP contribution is -2.15. The maximum atomic E-state index is 12.3. The number of rotatable bonds is 7. The highest BCUT2D eigenvalue weighted by atomic mass is 16.5. The molecule has 0 aromatic heterocycles. The molecule has 0 aliphatic rings. The van der Waals surface area contributed by atoms with Gasteiger partial charge in [-0.1, -0.05) is 18.2 Å². The molecule has 30 heavy (non-hydrogen) atoms. The number of ketones is 1. The summed E-state index contributed by atoms with van der Waals surface area (Å²) < 4.78 is 5.13. The molecule has 6 heteroatoms. The zero-order valence-electron chi connectivity index (χ0n) is 16.8. The first-order valence-corrected chi connectivity index (χ1v) is 9.38. The minimum absolute atomic E-state index is 0.233. The fourth-order valence-electron chi connectivity index (χ4n) is 2.73. The predicted octanol–water partition coefficient (Wildman–Crippen LogP) is 4.04. The molecular weight excluding hydrogens is 380 g/mol. The fourth-order valence-corrected chi connectivity index (χ4v) is 2.73. The maximum absolute atomic E-state index is 12.3. The van der Waals surface area contributed by atoms with Gasteiger partial charge in [0.2, 0.25) is 0 Å². The van der Waals surface area contributed by atoms with Crippen LogP contribution in [-0.4, -0.2) is 38.4 Å². The second-order valence-corrected chi connectivity index (χ2v) is 6.84. The highest BCUT2D eigenvalue weighted by Gasteiger charge is 2.13. The molecule has 6 nitrogen and oxygen atoms in total. The number of carbonyl (C=O) groups excluding carboxylic acids is 3. The number of benzene rings is 3. The lowest BCUT2D eigenvalue weighted by atomic mass is 10.1. The van der Waals surface area contributed by atoms with E-state index in [1.165, 1.54) is 0 Å². The van der Waals surface area contributed by atoms with E-state index >= 15 is 0 Å². The van der Waals surface area contributed by atoms with E-state index in [1.54, 1.807) is 72.8 Å². The first-order chi connectivity index (χ1) is 14.4. The van der Waals surface area contributed by atoms with Gasteiger partial charge in [0.05, 0.1) is 5.56 Å². The average molecular weight is 402 g/mol. The van der Waals surface area contributed by atoms with Gasteiger partial charge in [-0.2, -0.15) is 0 Å². The van der Waals surface area contributed by atoms with Gasteiger partial charge in [-0.15, -0.1) is 0 Å². The van der Waals surface area contributed by atoms with Crippen molar-refractivity contribution in [2.45, 2.75) is 0 Å². The fraction of sp³-hybridized carbons (Fsp3) is 0.125. The zero-order valence-corrected chi connectivity index (χ0v) is 16.8. The van der Waals surface area contributed by atoms with Crippen LogP contribution >= 0.6 is 0 Å². The summed E-state index contributed by atoms with van der Waals surface area (Å²) in [5.74, 6) is -1.11. The Balaban J connectivity index is 1.54. The second-order valence-electron chi connectivity index (χ2n) is 6.84. The van der Waals surface area contributed by atoms with Crippen molar-refractivity contribution in [3.8, 4) is 0 Å². The lowest BCUT2D eigenvalue weighted by Gasteiger charge is -2.12. The Morgan fingerprint density at radius 3 is 1.97 bits per heavy atom. The quantitative estimate of drug-likeness (QED) is 0.477. The summed E-state index contributed by atoms with van der Waals surface area (Å²) in [4.78, 5) is 38.5. The number of anilines is 2. The van der Waals surface area contributed by atoms with Crippen LogP contribution in [0, 0.1) is 0 Å². The van der Waals surface area contributed by atoms with Crippen molar-refractivity contribution >= 4 is 29.0 Å². The van der Waals surface area contributed by atoms with E-state index < -0.39 is 5.97 Å². The van der Waals surface area contributed by atoms with Crippen molar-refractivity contribution in [3.05, 3.63) is 95.6 Å². The normalized spacial score (nSPS) is 10.2. The molecule has 0 fully saturated rings. The predicted molar refractivity (Wildman–Crippen MR) is 116 cm³/mol. The number of amides is 1. The highest BCUT2D eigenvalue weighted by Crippen LogP contribution is 2.14. The number of hydrogen-bond acceptors (Lipinski definition) is 5. The van der Waals surface area contributed by atoms with Crippen LogP contribution in [0.1, 0.15) is 31.1 Å². The van der Waals surface area contributed by atoms with Gasteiger partial charge in [0, 0.05) is 36.6 Å². The van der Waals surface area contributed by atoms with Crippen LogP contribution < -0.4 is 10.2 Å². The van der Waals surface area contributed by atoms with Gasteiger partial charge in [0.15, 0.2) is 12.4 Å². The molecule has 152 valence electrons. The number of nitrogens with one attached hydrogen (secondary N) is 1. The number of nitrogens with zero attached hydrogens (tertiary/aromatic N) is 1. The molecule has 3 rings (SSSR count). The first-order valence-electron chi connectivity index (χ1n) is 9.38. The van der Waals surface area contributed by atoms with Gasteiger partial charge in [0.1, 0.15) is 0 Å². The Hall–Kier alpha value is -3.93. The standard InChI is InChI=1S/C24H22N2O4/c1-26(2)21-14-10-19(11-15-21)24(29)30-16-22(27)17-8-12-20(13-9-17)25-23(28)18-6-4-3-5-7-18/h3-15H,16H2,1-2H3,(H,25,28). The molecule has 0 saturated carbocycles. The lowest BCUT2D eigenvalue weighted by molar-refractivity contribution is 0.0474. The first kappa shape index (κ1) is 20.8. The van der Waals surface area contributed by atoms with Gasteiger partial charge >= 0.3 is 5.97 Å². The van der Waals surface area contributed by atoms with E-state index in [-0.39, 0.29) is 18.3 Å². The molecule has 1 N–H and O–H groups in total. The summed E-state index contributed by atoms with van der Waals surface area (Å²) in [5.41, 5.74) is 2.85. The summed E-state index contributed by atoms with van der Waals surface area (Å²) >= 11 is 0. The smallest absolute Gasteiger partial charge is 0.338 e. The largest absolute Gasteiger partial charge is 0.454 e. The summed E-state index contributed by atoms with van der Waals surface area (Å²) in [6, 6.07) is 22.2. The van der Waals surface area contributed by atoms with E-state index in [9.17, 15) is 14.4 Å². The molecule has 0 aliphatic carbocycles. The minimum atomic E-state index is -0.555. The van der Waals surface area contributed by atoms with E-state index in [4.69, 9.17) is 4.74 Å². The molecule has 0 saturated heterocycles. The van der Waals surface area contributed by atoms with Crippen LogP contribution in [-0.2, 0) is 4.74 Å². The third-order valence-corrected chi connectivity index (χ3v) is 4.45.